The van der Waals surface area contributed by atoms with Crippen LogP contribution in [0.25, 0.3) is 0 Å². The van der Waals surface area contributed by atoms with E-state index in [1.807, 2.05) is 16.7 Å². The Morgan fingerprint density at radius 1 is 0.476 bits per heavy atom. The van der Waals surface area contributed by atoms with Gasteiger partial charge in [0.1, 0.15) is 0 Å². The average Bonchev–Trinajstić information content (AvgIpc) is 3.25. The first-order chi connectivity index (χ1) is 29.9. The van der Waals surface area contributed by atoms with E-state index in [9.17, 15) is 58.8 Å². The fourth-order valence-corrected chi connectivity index (χ4v) is 6.52. The maximum absolute atomic E-state index is 13.0. The van der Waals surface area contributed by atoms with Crippen LogP contribution in [0.4, 0.5) is 0 Å². The van der Waals surface area contributed by atoms with Crippen LogP contribution in [0, 0.1) is 5.92 Å². The molecule has 4 aromatic heterocycles. The molecule has 22 nitrogen and oxygen atoms in total. The summed E-state index contributed by atoms with van der Waals surface area (Å²) in [7, 11) is 5.71. The van der Waals surface area contributed by atoms with Gasteiger partial charge >= 0.3 is 0 Å². The maximum Gasteiger partial charge on any atom is 0.293 e. The van der Waals surface area contributed by atoms with E-state index in [-0.39, 0.29) is 80.5 Å². The molecule has 0 unspecified atom stereocenters. The fourth-order valence-electron chi connectivity index (χ4n) is 6.52. The van der Waals surface area contributed by atoms with Gasteiger partial charge in [-0.15, -0.1) is 0 Å². The van der Waals surface area contributed by atoms with Gasteiger partial charge in [-0.3, -0.25) is 48.2 Å². The second kappa shape index (κ2) is 22.1. The summed E-state index contributed by atoms with van der Waals surface area (Å²) in [4.78, 5) is 105. The average molecular weight is 879 g/mol. The predicted molar refractivity (Wildman–Crippen MR) is 229 cm³/mol. The third-order valence-corrected chi connectivity index (χ3v) is 10.4. The number of nitrogens with one attached hydrogen (secondary N) is 4. The molecule has 0 atom stereocenters. The van der Waals surface area contributed by atoms with E-state index in [4.69, 9.17) is 0 Å². The molecule has 0 radical (unpaired) electrons. The lowest BCUT2D eigenvalue weighted by Gasteiger charge is -2.31. The van der Waals surface area contributed by atoms with Gasteiger partial charge in [-0.05, 0) is 30.2 Å². The van der Waals surface area contributed by atoms with Crippen molar-refractivity contribution in [3.05, 3.63) is 113 Å². The molecule has 0 spiro atoms. The highest BCUT2D eigenvalue weighted by Crippen LogP contribution is 2.14. The number of hydrogen-bond donors (Lipinski definition) is 8. The lowest BCUT2D eigenvalue weighted by molar-refractivity contribution is 0.0931. The van der Waals surface area contributed by atoms with Crippen molar-refractivity contribution in [1.29, 1.82) is 0 Å². The molecule has 0 aliphatic heterocycles. The van der Waals surface area contributed by atoms with Crippen LogP contribution >= 0.6 is 0 Å². The van der Waals surface area contributed by atoms with E-state index in [1.165, 1.54) is 77.2 Å². The Morgan fingerprint density at radius 2 is 0.698 bits per heavy atom. The highest BCUT2D eigenvalue weighted by atomic mass is 16.3. The molecule has 4 aromatic rings. The Hall–Kier alpha value is -7.20. The predicted octanol–water partition coefficient (Wildman–Crippen LogP) is -2.05. The minimum Gasteiger partial charge on any atom is -0.502 e. The summed E-state index contributed by atoms with van der Waals surface area (Å²) in [6, 6.07) is 5.24. The third-order valence-electron chi connectivity index (χ3n) is 10.4. The summed E-state index contributed by atoms with van der Waals surface area (Å²) in [5.74, 6) is -5.68. The lowest BCUT2D eigenvalue weighted by Crippen LogP contribution is -2.46. The molecule has 8 N–H and O–H groups in total. The van der Waals surface area contributed by atoms with Crippen LogP contribution in [-0.2, 0) is 28.2 Å². The number of aromatic nitrogens is 4. The monoisotopic (exact) mass is 878 g/mol. The Kier molecular flexibility index (Phi) is 17.0. The van der Waals surface area contributed by atoms with Gasteiger partial charge in [0.05, 0.1) is 22.3 Å². The summed E-state index contributed by atoms with van der Waals surface area (Å²) >= 11 is 0. The third kappa shape index (κ3) is 12.4. The number of nitrogens with zero attached hydrogens (tertiary/aromatic N) is 6. The smallest absolute Gasteiger partial charge is 0.293 e. The topological polar surface area (TPSA) is 292 Å². The van der Waals surface area contributed by atoms with E-state index >= 15 is 0 Å². The number of carbonyl (C=O) groups is 4. The molecule has 4 amide bonds. The minimum atomic E-state index is -0.746. The van der Waals surface area contributed by atoms with Crippen LogP contribution < -0.4 is 43.5 Å². The Balaban J connectivity index is 1.50. The van der Waals surface area contributed by atoms with Crippen molar-refractivity contribution < 1.29 is 39.6 Å². The zero-order valence-corrected chi connectivity index (χ0v) is 35.7. The van der Waals surface area contributed by atoms with Gasteiger partial charge in [-0.25, -0.2) is 0 Å². The van der Waals surface area contributed by atoms with Gasteiger partial charge in [0, 0.05) is 118 Å². The van der Waals surface area contributed by atoms with Gasteiger partial charge < -0.3 is 60.0 Å². The van der Waals surface area contributed by atoms with Crippen LogP contribution in [0.5, 0.6) is 23.0 Å². The molecule has 0 aromatic carbocycles. The first-order valence-corrected chi connectivity index (χ1v) is 20.0. The van der Waals surface area contributed by atoms with Crippen LogP contribution in [0.3, 0.4) is 0 Å². The van der Waals surface area contributed by atoms with E-state index in [2.05, 4.69) is 21.3 Å². The van der Waals surface area contributed by atoms with Gasteiger partial charge in [0.2, 0.25) is 0 Å². The van der Waals surface area contributed by atoms with Crippen molar-refractivity contribution in [1.82, 2.24) is 49.3 Å². The molecule has 340 valence electrons. The Morgan fingerprint density at radius 3 is 0.905 bits per heavy atom. The van der Waals surface area contributed by atoms with Crippen molar-refractivity contribution in [2.24, 2.45) is 34.1 Å². The maximum atomic E-state index is 13.0. The summed E-state index contributed by atoms with van der Waals surface area (Å²) in [5.41, 5.74) is -3.81. The van der Waals surface area contributed by atoms with Crippen molar-refractivity contribution in [3.8, 4) is 23.0 Å². The molecule has 0 fully saturated rings. The molecule has 4 heterocycles. The van der Waals surface area contributed by atoms with Crippen molar-refractivity contribution >= 4 is 23.6 Å². The summed E-state index contributed by atoms with van der Waals surface area (Å²) in [5, 5.41) is 52.0. The van der Waals surface area contributed by atoms with E-state index in [1.54, 1.807) is 0 Å². The van der Waals surface area contributed by atoms with Gasteiger partial charge in [0.15, 0.2) is 23.0 Å². The quantitative estimate of drug-likeness (QED) is 0.0448. The zero-order chi connectivity index (χ0) is 46.5. The second-order valence-corrected chi connectivity index (χ2v) is 14.9. The Bertz CT molecular complexity index is 2220. The summed E-state index contributed by atoms with van der Waals surface area (Å²) < 4.78 is 4.50. The second-order valence-electron chi connectivity index (χ2n) is 14.9. The van der Waals surface area contributed by atoms with Crippen molar-refractivity contribution in [2.45, 2.75) is 13.3 Å². The number of carbonyl (C=O) groups excluding carboxylic acids is 4. The molecule has 0 bridgehead atoms. The zero-order valence-electron chi connectivity index (χ0n) is 35.7. The first kappa shape index (κ1) is 48.5. The van der Waals surface area contributed by atoms with Crippen molar-refractivity contribution in [2.75, 3.05) is 65.4 Å². The van der Waals surface area contributed by atoms with Crippen LogP contribution in [0.15, 0.2) is 68.2 Å². The highest BCUT2D eigenvalue weighted by Gasteiger charge is 2.22. The van der Waals surface area contributed by atoms with Crippen LogP contribution in [-0.4, -0.2) is 138 Å². The van der Waals surface area contributed by atoms with E-state index < -0.39 is 68.9 Å². The van der Waals surface area contributed by atoms with Gasteiger partial charge in [-0.1, -0.05) is 13.3 Å². The molecular weight excluding hydrogens is 825 g/mol. The largest absolute Gasteiger partial charge is 0.502 e. The van der Waals surface area contributed by atoms with Crippen LogP contribution in [0.2, 0.25) is 0 Å². The highest BCUT2D eigenvalue weighted by molar-refractivity contribution is 5.98. The fraction of sp³-hybridized carbons (Fsp3) is 0.415. The molecule has 0 saturated carbocycles. The SMILES string of the molecule is CCC(CN(CCNC(=O)c1ccn(C)c(=O)c1O)CCNC(=O)c1ccn(C)c(=O)c1O)CN(CCNC(=O)c1ccn(C)c(=O)c1O)CCNC(=O)c1ccn(C)c(=O)c1O. The number of hydrogen-bond acceptors (Lipinski definition) is 14. The van der Waals surface area contributed by atoms with Gasteiger partial charge in [-0.2, -0.15) is 0 Å². The number of amides is 4. The molecule has 0 saturated heterocycles. The minimum absolute atomic E-state index is 0.0556. The van der Waals surface area contributed by atoms with Crippen molar-refractivity contribution in [3.63, 3.8) is 0 Å². The molecule has 4 rings (SSSR count). The van der Waals surface area contributed by atoms with Crippen LogP contribution in [0.1, 0.15) is 54.8 Å². The molecule has 0 aliphatic carbocycles. The number of pyridine rings is 4. The number of rotatable bonds is 21. The lowest BCUT2D eigenvalue weighted by atomic mass is 10.0. The Labute approximate surface area is 360 Å². The molecule has 63 heavy (non-hydrogen) atoms. The van der Waals surface area contributed by atoms with Gasteiger partial charge in [0.25, 0.3) is 45.9 Å². The molecule has 0 aliphatic rings. The number of aryl methyl sites for hydroxylation is 4. The molecule has 22 heteroatoms. The standard InChI is InChI=1S/C41H54N10O12/c1-6-25(23-50(19-11-42-34(56)26-7-15-46(2)38(60)30(26)52)20-12-43-35(57)27-8-16-47(3)39(61)31(27)53)24-51(21-13-44-36(58)28-9-17-48(4)40(62)32(28)54)22-14-45-37(59)29-10-18-49(5)41(63)33(29)55/h7-10,15-18,25,52-55H,6,11-14,19-24H2,1-5H3,(H,42,56)(H,43,57)(H,44,58)(H,45,59). The molecular formula is C41H54N10O12. The summed E-state index contributed by atoms with van der Waals surface area (Å²) in [6.45, 7) is 3.85. The normalized spacial score (nSPS) is 11.2. The summed E-state index contributed by atoms with van der Waals surface area (Å²) in [6.07, 6.45) is 6.01. The van der Waals surface area contributed by atoms with E-state index in [0.29, 0.717) is 19.5 Å². The van der Waals surface area contributed by atoms with E-state index in [0.717, 1.165) is 18.3 Å². The first-order valence-electron chi connectivity index (χ1n) is 20.0. The number of aromatic hydroxyl groups is 4.